The summed E-state index contributed by atoms with van der Waals surface area (Å²) in [6.45, 7) is 2.76. The van der Waals surface area contributed by atoms with Crippen molar-refractivity contribution in [2.24, 2.45) is 0 Å². The summed E-state index contributed by atoms with van der Waals surface area (Å²) in [5.74, 6) is -2.62. The first-order chi connectivity index (χ1) is 14.8. The quantitative estimate of drug-likeness (QED) is 0.477. The van der Waals surface area contributed by atoms with Crippen LogP contribution in [0.25, 0.3) is 10.8 Å². The molecule has 32 heavy (non-hydrogen) atoms. The predicted molar refractivity (Wildman–Crippen MR) is 111 cm³/mol. The monoisotopic (exact) mass is 447 g/mol. The van der Waals surface area contributed by atoms with Gasteiger partial charge in [-0.15, -0.1) is 0 Å². The van der Waals surface area contributed by atoms with E-state index in [0.29, 0.717) is 0 Å². The van der Waals surface area contributed by atoms with Gasteiger partial charge in [-0.25, -0.2) is 4.39 Å². The standard InChI is InChI=1S/C24H21F4NO3/c1-22(2)12-23(32,24(26,27)28)20(16-9-10-17(25)19(30)18(16)22)29-21(31)15-8-7-13-5-3-4-6-14(13)11-15/h3-11,20,30,32H,12H2,1-2H3,(H,29,31)/t20-,23-/m0/s1. The molecule has 4 nitrogen and oxygen atoms in total. The maximum absolute atomic E-state index is 14.1. The first-order valence-corrected chi connectivity index (χ1v) is 9.96. The van der Waals surface area contributed by atoms with E-state index in [1.54, 1.807) is 18.2 Å². The van der Waals surface area contributed by atoms with Crippen molar-refractivity contribution in [3.05, 3.63) is 77.1 Å². The minimum atomic E-state index is -5.10. The van der Waals surface area contributed by atoms with E-state index in [1.165, 1.54) is 26.0 Å². The van der Waals surface area contributed by atoms with Crippen LogP contribution in [0, 0.1) is 5.82 Å². The van der Waals surface area contributed by atoms with Gasteiger partial charge in [0.1, 0.15) is 0 Å². The maximum Gasteiger partial charge on any atom is 0.419 e. The van der Waals surface area contributed by atoms with Gasteiger partial charge < -0.3 is 15.5 Å². The van der Waals surface area contributed by atoms with Crippen molar-refractivity contribution in [2.45, 2.75) is 43.5 Å². The van der Waals surface area contributed by atoms with Crippen molar-refractivity contribution in [3.8, 4) is 5.75 Å². The van der Waals surface area contributed by atoms with E-state index in [4.69, 9.17) is 0 Å². The fraction of sp³-hybridized carbons (Fsp3) is 0.292. The van der Waals surface area contributed by atoms with Crippen LogP contribution >= 0.6 is 0 Å². The zero-order valence-corrected chi connectivity index (χ0v) is 17.3. The van der Waals surface area contributed by atoms with Crippen molar-refractivity contribution in [2.75, 3.05) is 0 Å². The molecule has 3 aromatic rings. The van der Waals surface area contributed by atoms with Crippen LogP contribution in [0.5, 0.6) is 5.75 Å². The number of aromatic hydroxyl groups is 1. The zero-order valence-electron chi connectivity index (χ0n) is 17.3. The third-order valence-electron chi connectivity index (χ3n) is 6.12. The summed E-state index contributed by atoms with van der Waals surface area (Å²) in [5, 5.41) is 25.0. The van der Waals surface area contributed by atoms with E-state index in [0.717, 1.165) is 22.9 Å². The maximum atomic E-state index is 14.1. The molecule has 0 spiro atoms. The number of aliphatic hydroxyl groups is 1. The van der Waals surface area contributed by atoms with Crippen molar-refractivity contribution < 1.29 is 32.6 Å². The van der Waals surface area contributed by atoms with Crippen molar-refractivity contribution >= 4 is 16.7 Å². The molecule has 168 valence electrons. The van der Waals surface area contributed by atoms with Gasteiger partial charge in [-0.1, -0.05) is 50.2 Å². The number of carbonyl (C=O) groups is 1. The molecule has 0 heterocycles. The zero-order chi connectivity index (χ0) is 23.5. The second kappa shape index (κ2) is 7.20. The number of fused-ring (bicyclic) bond motifs is 2. The van der Waals surface area contributed by atoms with Gasteiger partial charge in [0.2, 0.25) is 0 Å². The molecule has 1 amide bonds. The lowest BCUT2D eigenvalue weighted by Gasteiger charge is -2.48. The lowest BCUT2D eigenvalue weighted by molar-refractivity contribution is -0.280. The highest BCUT2D eigenvalue weighted by molar-refractivity contribution is 5.98. The summed E-state index contributed by atoms with van der Waals surface area (Å²) < 4.78 is 56.4. The lowest BCUT2D eigenvalue weighted by Crippen LogP contribution is -2.60. The lowest BCUT2D eigenvalue weighted by atomic mass is 9.63. The summed E-state index contributed by atoms with van der Waals surface area (Å²) in [6, 6.07) is 11.8. The molecule has 0 saturated carbocycles. The van der Waals surface area contributed by atoms with Gasteiger partial charge >= 0.3 is 6.18 Å². The van der Waals surface area contributed by atoms with E-state index >= 15 is 0 Å². The van der Waals surface area contributed by atoms with E-state index in [-0.39, 0.29) is 16.7 Å². The minimum absolute atomic E-state index is 0.0739. The van der Waals surface area contributed by atoms with Gasteiger partial charge in [0.25, 0.3) is 5.91 Å². The van der Waals surface area contributed by atoms with Crippen LogP contribution in [-0.4, -0.2) is 27.9 Å². The van der Waals surface area contributed by atoms with Crippen molar-refractivity contribution in [1.82, 2.24) is 5.32 Å². The average molecular weight is 447 g/mol. The van der Waals surface area contributed by atoms with Gasteiger partial charge in [-0.2, -0.15) is 13.2 Å². The van der Waals surface area contributed by atoms with Crippen LogP contribution in [0.4, 0.5) is 17.6 Å². The number of alkyl halides is 3. The summed E-state index contributed by atoms with van der Waals surface area (Å²) in [5.41, 5.74) is -4.91. The number of carbonyl (C=O) groups excluding carboxylic acids is 1. The van der Waals surface area contributed by atoms with E-state index in [9.17, 15) is 32.6 Å². The predicted octanol–water partition coefficient (Wildman–Crippen LogP) is 5.13. The fourth-order valence-electron chi connectivity index (χ4n) is 4.66. The summed E-state index contributed by atoms with van der Waals surface area (Å²) >= 11 is 0. The Morgan fingerprint density at radius 2 is 1.72 bits per heavy atom. The Bertz CT molecular complexity index is 1220. The first kappa shape index (κ1) is 22.1. The molecule has 1 aliphatic carbocycles. The summed E-state index contributed by atoms with van der Waals surface area (Å²) in [4.78, 5) is 13.0. The Morgan fingerprint density at radius 3 is 2.38 bits per heavy atom. The SMILES string of the molecule is CC1(C)C[C@@](O)(C(F)(F)F)[C@@H](NC(=O)c2ccc3ccccc3c2)c2ccc(F)c(O)c21. The van der Waals surface area contributed by atoms with Gasteiger partial charge in [0.05, 0.1) is 6.04 Å². The molecular formula is C24H21F4NO3. The molecule has 0 bridgehead atoms. The third kappa shape index (κ3) is 3.39. The molecule has 0 aromatic heterocycles. The Labute approximate surface area is 181 Å². The molecule has 0 aliphatic heterocycles. The van der Waals surface area contributed by atoms with E-state index in [2.05, 4.69) is 5.32 Å². The summed E-state index contributed by atoms with van der Waals surface area (Å²) in [6.07, 6.45) is -5.98. The summed E-state index contributed by atoms with van der Waals surface area (Å²) in [7, 11) is 0. The Balaban J connectivity index is 1.83. The van der Waals surface area contributed by atoms with Crippen LogP contribution in [0.15, 0.2) is 54.6 Å². The van der Waals surface area contributed by atoms with Gasteiger partial charge in [0.15, 0.2) is 17.2 Å². The highest BCUT2D eigenvalue weighted by atomic mass is 19.4. The van der Waals surface area contributed by atoms with Crippen LogP contribution in [0.2, 0.25) is 0 Å². The number of halogens is 4. The minimum Gasteiger partial charge on any atom is -0.505 e. The van der Waals surface area contributed by atoms with Gasteiger partial charge in [-0.3, -0.25) is 4.79 Å². The fourth-order valence-corrected chi connectivity index (χ4v) is 4.66. The molecular weight excluding hydrogens is 426 g/mol. The number of phenolic OH excluding ortho intramolecular Hbond substituents is 1. The Kier molecular flexibility index (Phi) is 4.97. The van der Waals surface area contributed by atoms with Gasteiger partial charge in [0, 0.05) is 11.1 Å². The average Bonchev–Trinajstić information content (AvgIpc) is 2.71. The number of hydrogen-bond donors (Lipinski definition) is 3. The number of hydrogen-bond acceptors (Lipinski definition) is 3. The molecule has 0 unspecified atom stereocenters. The first-order valence-electron chi connectivity index (χ1n) is 9.96. The molecule has 3 aromatic carbocycles. The van der Waals surface area contributed by atoms with Crippen LogP contribution in [0.1, 0.15) is 47.8 Å². The molecule has 0 saturated heterocycles. The number of rotatable bonds is 2. The normalized spacial score (nSPS) is 22.4. The molecule has 8 heteroatoms. The van der Waals surface area contributed by atoms with Crippen LogP contribution in [0.3, 0.4) is 0 Å². The van der Waals surface area contributed by atoms with E-state index in [1.807, 2.05) is 12.1 Å². The highest BCUT2D eigenvalue weighted by Crippen LogP contribution is 2.55. The third-order valence-corrected chi connectivity index (χ3v) is 6.12. The molecule has 2 atom stereocenters. The number of amides is 1. The second-order valence-corrected chi connectivity index (χ2v) is 8.81. The number of nitrogens with one attached hydrogen (secondary N) is 1. The Hall–Kier alpha value is -3.13. The number of benzene rings is 3. The largest absolute Gasteiger partial charge is 0.505 e. The highest BCUT2D eigenvalue weighted by Gasteiger charge is 2.64. The van der Waals surface area contributed by atoms with E-state index < -0.39 is 47.1 Å². The molecule has 3 N–H and O–H groups in total. The Morgan fingerprint density at radius 1 is 1.06 bits per heavy atom. The van der Waals surface area contributed by atoms with Crippen LogP contribution < -0.4 is 5.32 Å². The molecule has 4 rings (SSSR count). The molecule has 1 aliphatic rings. The number of phenols is 1. The second-order valence-electron chi connectivity index (χ2n) is 8.81. The topological polar surface area (TPSA) is 69.6 Å². The van der Waals surface area contributed by atoms with Crippen molar-refractivity contribution in [3.63, 3.8) is 0 Å². The van der Waals surface area contributed by atoms with Crippen LogP contribution in [-0.2, 0) is 5.41 Å². The van der Waals surface area contributed by atoms with Gasteiger partial charge in [-0.05, 0) is 46.4 Å². The molecule has 0 fully saturated rings. The smallest absolute Gasteiger partial charge is 0.419 e. The molecule has 0 radical (unpaired) electrons. The van der Waals surface area contributed by atoms with Crippen molar-refractivity contribution in [1.29, 1.82) is 0 Å².